The fraction of sp³-hybridized carbons (Fsp3) is 1.00. The predicted octanol–water partition coefficient (Wildman–Crippen LogP) is 2.84. The number of unbranched alkanes of at least 4 members (excludes halogenated alkanes) is 1. The van der Waals surface area contributed by atoms with E-state index in [9.17, 15) is 8.42 Å². The van der Waals surface area contributed by atoms with Gasteiger partial charge in [0.15, 0.2) is 0 Å². The van der Waals surface area contributed by atoms with E-state index in [1.807, 2.05) is 6.92 Å². The molecule has 0 aliphatic heterocycles. The molecule has 2 fully saturated rings. The molecule has 2 aliphatic rings. The third kappa shape index (κ3) is 4.70. The summed E-state index contributed by atoms with van der Waals surface area (Å²) < 4.78 is 29.8. The molecule has 19 heavy (non-hydrogen) atoms. The van der Waals surface area contributed by atoms with Gasteiger partial charge in [-0.1, -0.05) is 45.4 Å². The van der Waals surface area contributed by atoms with Crippen LogP contribution in [0.1, 0.15) is 64.7 Å². The molecule has 0 radical (unpaired) electrons. The van der Waals surface area contributed by atoms with Gasteiger partial charge in [0, 0.05) is 0 Å². The third-order valence-corrected chi connectivity index (χ3v) is 6.45. The van der Waals surface area contributed by atoms with Gasteiger partial charge in [0.25, 0.3) is 10.1 Å². The van der Waals surface area contributed by atoms with Crippen LogP contribution in [-0.2, 0) is 14.3 Å². The van der Waals surface area contributed by atoms with Crippen molar-refractivity contribution in [3.8, 4) is 0 Å². The Morgan fingerprint density at radius 3 is 2.47 bits per heavy atom. The fourth-order valence-corrected chi connectivity index (χ4v) is 5.41. The van der Waals surface area contributed by atoms with Crippen LogP contribution in [0.15, 0.2) is 0 Å². The summed E-state index contributed by atoms with van der Waals surface area (Å²) in [6, 6.07) is 0. The molecule has 0 amide bonds. The molecule has 5 heteroatoms. The fourth-order valence-electron chi connectivity index (χ4n) is 3.64. The van der Waals surface area contributed by atoms with Crippen molar-refractivity contribution in [3.63, 3.8) is 0 Å². The second-order valence-electron chi connectivity index (χ2n) is 5.85. The van der Waals surface area contributed by atoms with Crippen LogP contribution in [0.25, 0.3) is 0 Å². The van der Waals surface area contributed by atoms with Crippen LogP contribution in [0.5, 0.6) is 0 Å². The van der Waals surface area contributed by atoms with E-state index in [1.165, 1.54) is 25.7 Å². The molecule has 2 rings (SSSR count). The Bertz CT molecular complexity index is 354. The minimum atomic E-state index is -3.33. The van der Waals surface area contributed by atoms with Crippen LogP contribution in [-0.4, -0.2) is 49.8 Å². The van der Waals surface area contributed by atoms with Crippen LogP contribution in [0.2, 0.25) is 0 Å². The van der Waals surface area contributed by atoms with E-state index in [-0.39, 0.29) is 34.8 Å². The molecule has 0 N–H and O–H groups in total. The van der Waals surface area contributed by atoms with Gasteiger partial charge in [-0.25, -0.2) is 0 Å². The van der Waals surface area contributed by atoms with E-state index in [4.69, 9.17) is 4.18 Å². The maximum absolute atomic E-state index is 12.3. The molecule has 0 bridgehead atoms. The van der Waals surface area contributed by atoms with Crippen molar-refractivity contribution < 1.29 is 12.6 Å². The summed E-state index contributed by atoms with van der Waals surface area (Å²) >= 11 is 0. The van der Waals surface area contributed by atoms with Crippen LogP contribution in [0.3, 0.4) is 0 Å². The van der Waals surface area contributed by atoms with Crippen molar-refractivity contribution in [2.24, 2.45) is 11.8 Å². The first kappa shape index (κ1) is 18.0. The van der Waals surface area contributed by atoms with E-state index in [0.717, 1.165) is 32.1 Å². The van der Waals surface area contributed by atoms with Crippen LogP contribution in [0.4, 0.5) is 0 Å². The van der Waals surface area contributed by atoms with Crippen molar-refractivity contribution in [3.05, 3.63) is 0 Å². The molecule has 2 aliphatic carbocycles. The van der Waals surface area contributed by atoms with Crippen molar-refractivity contribution in [2.75, 3.05) is 6.61 Å². The first-order valence-electron chi connectivity index (χ1n) is 7.53. The maximum atomic E-state index is 12.3. The van der Waals surface area contributed by atoms with E-state index < -0.39 is 10.1 Å². The molecular formula is C14H27NaO3S. The van der Waals surface area contributed by atoms with E-state index >= 15 is 0 Å². The zero-order chi connectivity index (χ0) is 13.0. The Hall–Kier alpha value is 0.910. The summed E-state index contributed by atoms with van der Waals surface area (Å²) in [6.07, 6.45) is 9.71. The Morgan fingerprint density at radius 1 is 1.05 bits per heavy atom. The molecule has 0 aromatic rings. The quantitative estimate of drug-likeness (QED) is 0.445. The Kier molecular flexibility index (Phi) is 7.92. The zero-order valence-electron chi connectivity index (χ0n) is 11.4. The summed E-state index contributed by atoms with van der Waals surface area (Å²) in [5, 5.41) is -0.214. The molecule has 3 nitrogen and oxygen atoms in total. The van der Waals surface area contributed by atoms with E-state index in [1.54, 1.807) is 0 Å². The normalized spacial score (nSPS) is 31.3. The Labute approximate surface area is 140 Å². The van der Waals surface area contributed by atoms with Gasteiger partial charge in [0.2, 0.25) is 0 Å². The summed E-state index contributed by atoms with van der Waals surface area (Å²) in [6.45, 7) is 2.42. The predicted molar refractivity (Wildman–Crippen MR) is 80.0 cm³/mol. The molecule has 3 atom stereocenters. The van der Waals surface area contributed by atoms with Crippen molar-refractivity contribution >= 4 is 39.7 Å². The van der Waals surface area contributed by atoms with Crippen LogP contribution >= 0.6 is 0 Å². The SMILES string of the molecule is CCCCOS(=O)(=O)C1CCCC2CCCCC21.[NaH]. The summed E-state index contributed by atoms with van der Waals surface area (Å²) in [5.41, 5.74) is 0. The molecule has 0 aromatic carbocycles. The monoisotopic (exact) mass is 298 g/mol. The standard InChI is InChI=1S/C14H26O3S.Na.H/c1-2-3-11-17-18(15,16)14-10-6-8-12-7-4-5-9-13(12)14;;/h12-14H,2-11H2,1H3;;. The molecule has 0 saturated heterocycles. The summed E-state index contributed by atoms with van der Waals surface area (Å²) in [7, 11) is -3.33. The molecule has 0 spiro atoms. The topological polar surface area (TPSA) is 43.4 Å². The van der Waals surface area contributed by atoms with Gasteiger partial charge in [-0.3, -0.25) is 4.18 Å². The van der Waals surface area contributed by atoms with Gasteiger partial charge >= 0.3 is 29.6 Å². The summed E-state index contributed by atoms with van der Waals surface area (Å²) in [5.74, 6) is 1.01. The number of hydrogen-bond donors (Lipinski definition) is 0. The van der Waals surface area contributed by atoms with Gasteiger partial charge in [-0.2, -0.15) is 8.42 Å². The zero-order valence-corrected chi connectivity index (χ0v) is 12.3. The van der Waals surface area contributed by atoms with Gasteiger partial charge in [-0.15, -0.1) is 0 Å². The van der Waals surface area contributed by atoms with Crippen LogP contribution in [0, 0.1) is 11.8 Å². The molecule has 0 aromatic heterocycles. The van der Waals surface area contributed by atoms with Crippen LogP contribution < -0.4 is 0 Å². The molecule has 3 unspecified atom stereocenters. The Balaban J connectivity index is 0.00000180. The first-order chi connectivity index (χ1) is 8.65. The summed E-state index contributed by atoms with van der Waals surface area (Å²) in [4.78, 5) is 0. The second kappa shape index (κ2) is 8.38. The average Bonchev–Trinajstić information content (AvgIpc) is 2.38. The molecule has 0 heterocycles. The van der Waals surface area contributed by atoms with E-state index in [0.29, 0.717) is 18.4 Å². The van der Waals surface area contributed by atoms with Crippen molar-refractivity contribution in [1.29, 1.82) is 0 Å². The Morgan fingerprint density at radius 2 is 1.74 bits per heavy atom. The van der Waals surface area contributed by atoms with Gasteiger partial charge in [0.05, 0.1) is 11.9 Å². The van der Waals surface area contributed by atoms with Crippen molar-refractivity contribution in [2.45, 2.75) is 70.0 Å². The number of rotatable bonds is 5. The third-order valence-electron chi connectivity index (χ3n) is 4.63. The van der Waals surface area contributed by atoms with E-state index in [2.05, 4.69) is 0 Å². The average molecular weight is 298 g/mol. The molecular weight excluding hydrogens is 271 g/mol. The second-order valence-corrected chi connectivity index (χ2v) is 7.67. The van der Waals surface area contributed by atoms with Gasteiger partial charge in [0.1, 0.15) is 0 Å². The van der Waals surface area contributed by atoms with Crippen molar-refractivity contribution in [1.82, 2.24) is 0 Å². The van der Waals surface area contributed by atoms with Gasteiger partial charge in [-0.05, 0) is 31.1 Å². The number of hydrogen-bond acceptors (Lipinski definition) is 3. The first-order valence-corrected chi connectivity index (χ1v) is 9.00. The molecule has 108 valence electrons. The number of fused-ring (bicyclic) bond motifs is 1. The molecule has 2 saturated carbocycles. The van der Waals surface area contributed by atoms with Gasteiger partial charge < -0.3 is 0 Å². The minimum absolute atomic E-state index is 0.